The van der Waals surface area contributed by atoms with Gasteiger partial charge in [-0.1, -0.05) is 60.7 Å². The molecule has 0 unspecified atom stereocenters. The number of carbonyl (C=O) groups excluding carboxylic acids is 1. The lowest BCUT2D eigenvalue weighted by molar-refractivity contribution is -0.117. The number of fused-ring (bicyclic) bond motifs is 1. The minimum Gasteiger partial charge on any atom is -0.489 e. The molecular formula is C27H23N3O2. The second-order valence-electron chi connectivity index (χ2n) is 7.38. The Kier molecular flexibility index (Phi) is 6.64. The number of H-pyrrole nitrogens is 1. The molecule has 0 aliphatic heterocycles. The minimum absolute atomic E-state index is 0.0712. The fraction of sp³-hybridized carbons (Fsp3) is 0.111. The molecule has 0 atom stereocenters. The quantitative estimate of drug-likeness (QED) is 0.310. The van der Waals surface area contributed by atoms with Gasteiger partial charge in [0.25, 0.3) is 5.91 Å². The summed E-state index contributed by atoms with van der Waals surface area (Å²) in [4.78, 5) is 15.7. The predicted molar refractivity (Wildman–Crippen MR) is 126 cm³/mol. The van der Waals surface area contributed by atoms with E-state index in [0.717, 1.165) is 33.3 Å². The van der Waals surface area contributed by atoms with Crippen molar-refractivity contribution in [1.29, 1.82) is 5.26 Å². The van der Waals surface area contributed by atoms with Gasteiger partial charge in [-0.25, -0.2) is 0 Å². The number of carbonyl (C=O) groups is 1. The zero-order chi connectivity index (χ0) is 22.2. The van der Waals surface area contributed by atoms with E-state index in [-0.39, 0.29) is 11.5 Å². The molecule has 0 saturated heterocycles. The van der Waals surface area contributed by atoms with Crippen LogP contribution in [0.2, 0.25) is 0 Å². The van der Waals surface area contributed by atoms with E-state index in [9.17, 15) is 10.1 Å². The molecule has 4 rings (SSSR count). The molecule has 0 spiro atoms. The molecule has 1 amide bonds. The van der Waals surface area contributed by atoms with E-state index in [1.807, 2.05) is 85.1 Å². The van der Waals surface area contributed by atoms with Crippen molar-refractivity contribution in [2.75, 3.05) is 6.54 Å². The fourth-order valence-electron chi connectivity index (χ4n) is 3.46. The molecule has 5 nitrogen and oxygen atoms in total. The molecule has 4 aromatic rings. The Morgan fingerprint density at radius 3 is 2.53 bits per heavy atom. The molecule has 1 aromatic heterocycles. The molecule has 0 fully saturated rings. The van der Waals surface area contributed by atoms with Crippen molar-refractivity contribution in [3.8, 4) is 11.8 Å². The molecule has 0 aliphatic rings. The third kappa shape index (κ3) is 5.24. The van der Waals surface area contributed by atoms with Crippen LogP contribution in [0.15, 0.2) is 90.6 Å². The molecule has 0 saturated carbocycles. The van der Waals surface area contributed by atoms with Gasteiger partial charge in [-0.05, 0) is 47.4 Å². The number of amides is 1. The van der Waals surface area contributed by atoms with E-state index in [1.54, 1.807) is 6.08 Å². The van der Waals surface area contributed by atoms with Gasteiger partial charge in [0.1, 0.15) is 24.0 Å². The Labute approximate surface area is 187 Å². The normalized spacial score (nSPS) is 11.2. The van der Waals surface area contributed by atoms with Crippen LogP contribution in [0.3, 0.4) is 0 Å². The van der Waals surface area contributed by atoms with Gasteiger partial charge in [0.2, 0.25) is 0 Å². The summed E-state index contributed by atoms with van der Waals surface area (Å²) in [6, 6.07) is 27.3. The summed E-state index contributed by atoms with van der Waals surface area (Å²) in [7, 11) is 0. The molecule has 32 heavy (non-hydrogen) atoms. The highest BCUT2D eigenvalue weighted by molar-refractivity contribution is 6.01. The van der Waals surface area contributed by atoms with E-state index in [4.69, 9.17) is 4.74 Å². The average molecular weight is 422 g/mol. The molecule has 0 bridgehead atoms. The highest BCUT2D eigenvalue weighted by Gasteiger charge is 2.10. The Morgan fingerprint density at radius 1 is 1.00 bits per heavy atom. The average Bonchev–Trinajstić information content (AvgIpc) is 3.25. The Morgan fingerprint density at radius 2 is 1.75 bits per heavy atom. The van der Waals surface area contributed by atoms with Crippen molar-refractivity contribution < 1.29 is 9.53 Å². The number of hydrogen-bond acceptors (Lipinski definition) is 3. The minimum atomic E-state index is -0.378. The largest absolute Gasteiger partial charge is 0.489 e. The zero-order valence-electron chi connectivity index (χ0n) is 17.5. The van der Waals surface area contributed by atoms with Crippen molar-refractivity contribution in [3.05, 3.63) is 107 Å². The number of para-hydroxylation sites is 1. The standard InChI is InChI=1S/C27H23N3O2/c28-17-23(27(31)29-15-14-22-18-30-26-9-5-4-8-25(22)26)16-20-10-12-24(13-11-20)32-19-21-6-2-1-3-7-21/h1-13,16,18,30H,14-15,19H2,(H,29,31)/b23-16-. The Balaban J connectivity index is 1.32. The van der Waals surface area contributed by atoms with Crippen molar-refractivity contribution >= 4 is 22.9 Å². The molecule has 2 N–H and O–H groups in total. The lowest BCUT2D eigenvalue weighted by Gasteiger charge is -2.07. The van der Waals surface area contributed by atoms with Crippen LogP contribution in [0.25, 0.3) is 17.0 Å². The number of ether oxygens (including phenoxy) is 1. The molecule has 1 heterocycles. The first kappa shape index (κ1) is 21.0. The number of rotatable bonds is 8. The second-order valence-corrected chi connectivity index (χ2v) is 7.38. The molecule has 3 aromatic carbocycles. The molecule has 0 radical (unpaired) electrons. The fourth-order valence-corrected chi connectivity index (χ4v) is 3.46. The van der Waals surface area contributed by atoms with Gasteiger partial charge >= 0.3 is 0 Å². The highest BCUT2D eigenvalue weighted by Crippen LogP contribution is 2.18. The van der Waals surface area contributed by atoms with Gasteiger partial charge < -0.3 is 15.0 Å². The number of nitriles is 1. The summed E-state index contributed by atoms with van der Waals surface area (Å²) in [6.45, 7) is 0.935. The van der Waals surface area contributed by atoms with Gasteiger partial charge in [-0.15, -0.1) is 0 Å². The first-order valence-corrected chi connectivity index (χ1v) is 10.4. The monoisotopic (exact) mass is 421 g/mol. The van der Waals surface area contributed by atoms with Crippen LogP contribution < -0.4 is 10.1 Å². The van der Waals surface area contributed by atoms with Crippen LogP contribution in [-0.4, -0.2) is 17.4 Å². The number of aromatic amines is 1. The van der Waals surface area contributed by atoms with Gasteiger partial charge in [0, 0.05) is 23.6 Å². The summed E-state index contributed by atoms with van der Waals surface area (Å²) < 4.78 is 5.78. The zero-order valence-corrected chi connectivity index (χ0v) is 17.5. The summed E-state index contributed by atoms with van der Waals surface area (Å²) in [5.41, 5.74) is 4.13. The van der Waals surface area contributed by atoms with Gasteiger partial charge in [-0.3, -0.25) is 4.79 Å². The van der Waals surface area contributed by atoms with Crippen LogP contribution in [0.5, 0.6) is 5.75 Å². The SMILES string of the molecule is N#C/C(=C/c1ccc(OCc2ccccc2)cc1)C(=O)NCCc1c[nH]c2ccccc12. The Bertz CT molecular complexity index is 1270. The lowest BCUT2D eigenvalue weighted by atomic mass is 10.1. The highest BCUT2D eigenvalue weighted by atomic mass is 16.5. The first-order valence-electron chi connectivity index (χ1n) is 10.4. The van der Waals surface area contributed by atoms with E-state index in [2.05, 4.69) is 16.4 Å². The maximum atomic E-state index is 12.5. The molecule has 5 heteroatoms. The number of nitrogens with one attached hydrogen (secondary N) is 2. The van der Waals surface area contributed by atoms with Gasteiger partial charge in [-0.2, -0.15) is 5.26 Å². The molecule has 158 valence electrons. The van der Waals surface area contributed by atoms with Crippen LogP contribution in [0.1, 0.15) is 16.7 Å². The van der Waals surface area contributed by atoms with Crippen LogP contribution in [0, 0.1) is 11.3 Å². The van der Waals surface area contributed by atoms with Crippen molar-refractivity contribution in [1.82, 2.24) is 10.3 Å². The van der Waals surface area contributed by atoms with Crippen LogP contribution >= 0.6 is 0 Å². The summed E-state index contributed by atoms with van der Waals surface area (Å²) >= 11 is 0. The predicted octanol–water partition coefficient (Wildman–Crippen LogP) is 5.01. The topological polar surface area (TPSA) is 77.9 Å². The summed E-state index contributed by atoms with van der Waals surface area (Å²) in [5, 5.41) is 13.4. The van der Waals surface area contributed by atoms with Gasteiger partial charge in [0.05, 0.1) is 0 Å². The van der Waals surface area contributed by atoms with Crippen LogP contribution in [-0.2, 0) is 17.8 Å². The number of benzene rings is 3. The van der Waals surface area contributed by atoms with Crippen molar-refractivity contribution in [3.63, 3.8) is 0 Å². The smallest absolute Gasteiger partial charge is 0.261 e. The van der Waals surface area contributed by atoms with Crippen molar-refractivity contribution in [2.45, 2.75) is 13.0 Å². The van der Waals surface area contributed by atoms with Crippen molar-refractivity contribution in [2.24, 2.45) is 0 Å². The molecular weight excluding hydrogens is 398 g/mol. The number of nitrogens with zero attached hydrogens (tertiary/aromatic N) is 1. The van der Waals surface area contributed by atoms with E-state index in [0.29, 0.717) is 19.6 Å². The van der Waals surface area contributed by atoms with Gasteiger partial charge in [0.15, 0.2) is 0 Å². The lowest BCUT2D eigenvalue weighted by Crippen LogP contribution is -2.26. The van der Waals surface area contributed by atoms with E-state index in [1.165, 1.54) is 0 Å². The van der Waals surface area contributed by atoms with E-state index >= 15 is 0 Å². The summed E-state index contributed by atoms with van der Waals surface area (Å²) in [6.07, 6.45) is 4.23. The molecule has 0 aliphatic carbocycles. The number of hydrogen-bond donors (Lipinski definition) is 2. The maximum absolute atomic E-state index is 12.5. The Hall–Kier alpha value is -4.30. The third-order valence-corrected chi connectivity index (χ3v) is 5.16. The summed E-state index contributed by atoms with van der Waals surface area (Å²) in [5.74, 6) is 0.351. The maximum Gasteiger partial charge on any atom is 0.261 e. The second kappa shape index (κ2) is 10.1. The third-order valence-electron chi connectivity index (χ3n) is 5.16. The van der Waals surface area contributed by atoms with Crippen LogP contribution in [0.4, 0.5) is 0 Å². The first-order chi connectivity index (χ1) is 15.7. The van der Waals surface area contributed by atoms with E-state index < -0.39 is 0 Å². The number of aromatic nitrogens is 1.